The van der Waals surface area contributed by atoms with Crippen LogP contribution in [0.25, 0.3) is 0 Å². The summed E-state index contributed by atoms with van der Waals surface area (Å²) in [4.78, 5) is 36.8. The second-order valence-corrected chi connectivity index (χ2v) is 7.15. The Labute approximate surface area is 173 Å². The summed E-state index contributed by atoms with van der Waals surface area (Å²) in [7, 11) is 0. The van der Waals surface area contributed by atoms with Crippen molar-refractivity contribution in [3.63, 3.8) is 0 Å². The van der Waals surface area contributed by atoms with E-state index in [4.69, 9.17) is 15.2 Å². The van der Waals surface area contributed by atoms with Crippen molar-refractivity contribution in [1.29, 1.82) is 0 Å². The third-order valence-electron chi connectivity index (χ3n) is 5.39. The van der Waals surface area contributed by atoms with Crippen LogP contribution in [0, 0.1) is 0 Å². The molecule has 0 radical (unpaired) electrons. The van der Waals surface area contributed by atoms with Crippen molar-refractivity contribution in [3.8, 4) is 23.0 Å². The van der Waals surface area contributed by atoms with Crippen LogP contribution in [0.3, 0.4) is 0 Å². The van der Waals surface area contributed by atoms with E-state index in [0.717, 1.165) is 6.07 Å². The number of esters is 1. The molecule has 2 aliphatic rings. The summed E-state index contributed by atoms with van der Waals surface area (Å²) in [6.07, 6.45) is 0. The number of rotatable bonds is 2. The van der Waals surface area contributed by atoms with Crippen LogP contribution in [0.4, 0.5) is 0 Å². The summed E-state index contributed by atoms with van der Waals surface area (Å²) < 4.78 is 11.6. The van der Waals surface area contributed by atoms with E-state index in [0.29, 0.717) is 11.1 Å². The zero-order valence-electron chi connectivity index (χ0n) is 15.6. The number of amides is 1. The molecule has 3 aromatic carbocycles. The van der Waals surface area contributed by atoms with Crippen molar-refractivity contribution < 1.29 is 39.2 Å². The lowest BCUT2D eigenvalue weighted by molar-refractivity contribution is 0.0223. The van der Waals surface area contributed by atoms with Gasteiger partial charge in [0, 0.05) is 28.8 Å². The molecule has 0 atom stereocenters. The number of aromatic carboxylic acids is 1. The van der Waals surface area contributed by atoms with E-state index in [-0.39, 0.29) is 45.3 Å². The molecule has 0 bridgehead atoms. The average Bonchev–Trinajstić information content (AvgIpc) is 3.00. The monoisotopic (exact) mass is 419 g/mol. The van der Waals surface area contributed by atoms with Crippen molar-refractivity contribution in [3.05, 3.63) is 81.9 Å². The fourth-order valence-electron chi connectivity index (χ4n) is 4.14. The largest absolute Gasteiger partial charge is 0.508 e. The number of primary amides is 1. The average molecular weight is 419 g/mol. The molecule has 2 heterocycles. The molecule has 1 amide bonds. The first-order valence-corrected chi connectivity index (χ1v) is 9.02. The minimum absolute atomic E-state index is 0.0911. The lowest BCUT2D eigenvalue weighted by Crippen LogP contribution is -2.33. The molecular weight excluding hydrogens is 406 g/mol. The molecule has 0 aliphatic carbocycles. The number of phenols is 2. The lowest BCUT2D eigenvalue weighted by Gasteiger charge is -2.36. The second-order valence-electron chi connectivity index (χ2n) is 7.15. The molecule has 0 saturated carbocycles. The number of carbonyl (C=O) groups is 3. The van der Waals surface area contributed by atoms with Crippen molar-refractivity contribution in [2.45, 2.75) is 5.60 Å². The number of carbonyl (C=O) groups excluding carboxylic acids is 2. The van der Waals surface area contributed by atoms with E-state index in [1.54, 1.807) is 0 Å². The Morgan fingerprint density at radius 3 is 1.97 bits per heavy atom. The van der Waals surface area contributed by atoms with Crippen LogP contribution < -0.4 is 10.5 Å². The fraction of sp³-hybridized carbons (Fsp3) is 0.0455. The number of phenolic OH excluding ortho intramolecular Hbond substituents is 2. The third-order valence-corrected chi connectivity index (χ3v) is 5.39. The summed E-state index contributed by atoms with van der Waals surface area (Å²) in [5, 5.41) is 29.4. The number of fused-ring (bicyclic) bond motifs is 6. The van der Waals surface area contributed by atoms with Gasteiger partial charge in [0.2, 0.25) is 5.91 Å². The SMILES string of the molecule is NC(=O)c1cc(C(=O)O)cc2c1C(=O)OC21c2ccc(O)cc2Oc2cc(O)ccc21. The predicted octanol–water partition coefficient (Wildman–Crippen LogP) is 2.46. The number of carboxylic acids is 1. The Bertz CT molecular complexity index is 1290. The first-order chi connectivity index (χ1) is 14.7. The second kappa shape index (κ2) is 5.99. The Hall–Kier alpha value is -4.53. The molecule has 154 valence electrons. The predicted molar refractivity (Wildman–Crippen MR) is 104 cm³/mol. The van der Waals surface area contributed by atoms with E-state index >= 15 is 0 Å². The van der Waals surface area contributed by atoms with Crippen molar-refractivity contribution in [2.24, 2.45) is 5.73 Å². The van der Waals surface area contributed by atoms with Crippen molar-refractivity contribution >= 4 is 17.8 Å². The summed E-state index contributed by atoms with van der Waals surface area (Å²) in [6.45, 7) is 0. The van der Waals surface area contributed by atoms with Gasteiger partial charge < -0.3 is 30.5 Å². The Morgan fingerprint density at radius 1 is 0.871 bits per heavy atom. The highest BCUT2D eigenvalue weighted by Gasteiger charge is 2.55. The molecule has 3 aromatic rings. The fourth-order valence-corrected chi connectivity index (χ4v) is 4.14. The molecule has 0 fully saturated rings. The minimum Gasteiger partial charge on any atom is -0.508 e. The zero-order valence-corrected chi connectivity index (χ0v) is 15.6. The molecule has 2 aliphatic heterocycles. The minimum atomic E-state index is -1.69. The number of carboxylic acid groups (broad SMARTS) is 1. The molecule has 9 heteroatoms. The molecule has 5 N–H and O–H groups in total. The Balaban J connectivity index is 1.95. The Morgan fingerprint density at radius 2 is 1.45 bits per heavy atom. The topological polar surface area (TPSA) is 156 Å². The smallest absolute Gasteiger partial charge is 0.340 e. The third kappa shape index (κ3) is 2.40. The molecule has 1 spiro atoms. The number of nitrogens with two attached hydrogens (primary N) is 1. The van der Waals surface area contributed by atoms with Crippen LogP contribution in [0.15, 0.2) is 48.5 Å². The van der Waals surface area contributed by atoms with E-state index in [1.165, 1.54) is 42.5 Å². The van der Waals surface area contributed by atoms with Crippen LogP contribution in [-0.2, 0) is 10.3 Å². The van der Waals surface area contributed by atoms with E-state index in [1.807, 2.05) is 0 Å². The van der Waals surface area contributed by atoms with Gasteiger partial charge in [-0.15, -0.1) is 0 Å². The highest BCUT2D eigenvalue weighted by molar-refractivity contribution is 6.10. The molecule has 9 nitrogen and oxygen atoms in total. The number of ether oxygens (including phenoxy) is 2. The summed E-state index contributed by atoms with van der Waals surface area (Å²) >= 11 is 0. The molecule has 0 saturated heterocycles. The molecule has 0 aromatic heterocycles. The van der Waals surface area contributed by atoms with Gasteiger partial charge in [-0.2, -0.15) is 0 Å². The maximum absolute atomic E-state index is 13.0. The van der Waals surface area contributed by atoms with Gasteiger partial charge in [-0.1, -0.05) is 0 Å². The lowest BCUT2D eigenvalue weighted by atomic mass is 9.76. The number of aromatic hydroxyl groups is 2. The normalized spacial score (nSPS) is 14.8. The number of hydrogen-bond donors (Lipinski definition) is 4. The maximum atomic E-state index is 13.0. The van der Waals surface area contributed by atoms with Crippen LogP contribution in [0.2, 0.25) is 0 Å². The maximum Gasteiger partial charge on any atom is 0.340 e. The summed E-state index contributed by atoms with van der Waals surface area (Å²) in [5.41, 5.74) is 3.73. The van der Waals surface area contributed by atoms with Crippen LogP contribution in [0.5, 0.6) is 23.0 Å². The van der Waals surface area contributed by atoms with E-state index < -0.39 is 23.4 Å². The molecule has 0 unspecified atom stereocenters. The van der Waals surface area contributed by atoms with Crippen molar-refractivity contribution in [2.75, 3.05) is 0 Å². The van der Waals surface area contributed by atoms with Gasteiger partial charge in [0.05, 0.1) is 16.7 Å². The van der Waals surface area contributed by atoms with E-state index in [9.17, 15) is 29.7 Å². The van der Waals surface area contributed by atoms with Crippen LogP contribution in [-0.4, -0.2) is 33.2 Å². The van der Waals surface area contributed by atoms with Gasteiger partial charge in [-0.3, -0.25) is 4.79 Å². The van der Waals surface area contributed by atoms with Crippen molar-refractivity contribution in [1.82, 2.24) is 0 Å². The van der Waals surface area contributed by atoms with Crippen LogP contribution >= 0.6 is 0 Å². The molecule has 31 heavy (non-hydrogen) atoms. The zero-order chi connectivity index (χ0) is 22.1. The molecule has 5 rings (SSSR count). The highest BCUT2D eigenvalue weighted by Crippen LogP contribution is 2.57. The van der Waals surface area contributed by atoms with Gasteiger partial charge in [0.15, 0.2) is 5.60 Å². The highest BCUT2D eigenvalue weighted by atomic mass is 16.6. The van der Waals surface area contributed by atoms with E-state index in [2.05, 4.69) is 0 Å². The van der Waals surface area contributed by atoms with Gasteiger partial charge in [0.1, 0.15) is 23.0 Å². The van der Waals surface area contributed by atoms with Gasteiger partial charge in [-0.05, 0) is 36.4 Å². The summed E-state index contributed by atoms with van der Waals surface area (Å²) in [6, 6.07) is 10.5. The standard InChI is InChI=1S/C22H13NO8/c23-19(26)12-5-9(20(27)28)6-15-18(12)21(29)31-22(15)13-3-1-10(24)7-16(13)30-17-8-11(25)2-4-14(17)22/h1-8,24-25H,(H2,23,26)(H,27,28). The van der Waals surface area contributed by atoms with Gasteiger partial charge in [-0.25, -0.2) is 9.59 Å². The summed E-state index contributed by atoms with van der Waals surface area (Å²) in [5.74, 6) is -3.19. The quantitative estimate of drug-likeness (QED) is 0.462. The first kappa shape index (κ1) is 18.5. The Kier molecular flexibility index (Phi) is 3.57. The number of benzene rings is 3. The van der Waals surface area contributed by atoms with Crippen LogP contribution in [0.1, 0.15) is 47.8 Å². The van der Waals surface area contributed by atoms with Gasteiger partial charge in [0.25, 0.3) is 0 Å². The first-order valence-electron chi connectivity index (χ1n) is 9.02. The van der Waals surface area contributed by atoms with Gasteiger partial charge >= 0.3 is 11.9 Å². The molecular formula is C22H13NO8. The number of hydrogen-bond acceptors (Lipinski definition) is 7.